The highest BCUT2D eigenvalue weighted by molar-refractivity contribution is 5.79. The van der Waals surface area contributed by atoms with Crippen molar-refractivity contribution in [3.05, 3.63) is 97.6 Å². The van der Waals surface area contributed by atoms with E-state index in [1.807, 2.05) is 24.3 Å². The van der Waals surface area contributed by atoms with E-state index in [1.165, 1.54) is 0 Å². The molecule has 5 N–H and O–H groups in total. The molecule has 0 radical (unpaired) electrons. The van der Waals surface area contributed by atoms with E-state index in [4.69, 9.17) is 15.3 Å². The van der Waals surface area contributed by atoms with Crippen molar-refractivity contribution in [1.29, 1.82) is 0 Å². The standard InChI is InChI=1S/C15H16O2.3C3H4O2/c1-15(2,11-3-7-13(16)8-4-11)12-5-9-14(17)10-6-12;3*1-2-3(4)5/h3-10,16-17H,1-2H3;3*2H,1H2,(H,4,5). The summed E-state index contributed by atoms with van der Waals surface area (Å²) in [5.41, 5.74) is 2.10. The Morgan fingerprint density at radius 3 is 0.969 bits per heavy atom. The molecule has 8 heteroatoms. The number of aromatic hydroxyl groups is 2. The van der Waals surface area contributed by atoms with Gasteiger partial charge in [0.25, 0.3) is 0 Å². The van der Waals surface area contributed by atoms with E-state index in [0.717, 1.165) is 29.4 Å². The van der Waals surface area contributed by atoms with Gasteiger partial charge in [0, 0.05) is 23.6 Å². The van der Waals surface area contributed by atoms with Gasteiger partial charge >= 0.3 is 17.9 Å². The average molecular weight is 444 g/mol. The van der Waals surface area contributed by atoms with Crippen molar-refractivity contribution in [3.63, 3.8) is 0 Å². The number of carboxylic acid groups (broad SMARTS) is 3. The molecule has 0 spiro atoms. The molecule has 2 aromatic rings. The fourth-order valence-electron chi connectivity index (χ4n) is 1.92. The summed E-state index contributed by atoms with van der Waals surface area (Å²) in [7, 11) is 0. The summed E-state index contributed by atoms with van der Waals surface area (Å²) in [5.74, 6) is -2.40. The Kier molecular flexibility index (Phi) is 14.5. The van der Waals surface area contributed by atoms with E-state index in [2.05, 4.69) is 33.6 Å². The summed E-state index contributed by atoms with van der Waals surface area (Å²) < 4.78 is 0. The second-order valence-electron chi connectivity index (χ2n) is 6.35. The van der Waals surface area contributed by atoms with Gasteiger partial charge in [-0.15, -0.1) is 0 Å². The maximum Gasteiger partial charge on any atom is 0.327 e. The van der Waals surface area contributed by atoms with Crippen molar-refractivity contribution < 1.29 is 39.9 Å². The largest absolute Gasteiger partial charge is 0.508 e. The zero-order valence-corrected chi connectivity index (χ0v) is 17.9. The van der Waals surface area contributed by atoms with Crippen LogP contribution in [0.3, 0.4) is 0 Å². The Labute approximate surface area is 186 Å². The van der Waals surface area contributed by atoms with Crippen molar-refractivity contribution in [3.8, 4) is 11.5 Å². The third kappa shape index (κ3) is 13.8. The normalized spacial score (nSPS) is 9.06. The highest BCUT2D eigenvalue weighted by atomic mass is 16.4. The molecule has 0 atom stereocenters. The minimum absolute atomic E-state index is 0.151. The second kappa shape index (κ2) is 15.5. The van der Waals surface area contributed by atoms with E-state index < -0.39 is 17.9 Å². The van der Waals surface area contributed by atoms with Crippen LogP contribution in [0.1, 0.15) is 25.0 Å². The fourth-order valence-corrected chi connectivity index (χ4v) is 1.92. The molecule has 0 aliphatic rings. The first-order valence-electron chi connectivity index (χ1n) is 8.96. The molecule has 0 saturated carbocycles. The highest BCUT2D eigenvalue weighted by Gasteiger charge is 2.22. The van der Waals surface area contributed by atoms with Crippen LogP contribution < -0.4 is 0 Å². The van der Waals surface area contributed by atoms with Gasteiger partial charge < -0.3 is 25.5 Å². The summed E-state index contributed by atoms with van der Waals surface area (Å²) in [6.45, 7) is 13.1. The lowest BCUT2D eigenvalue weighted by Crippen LogP contribution is -2.18. The Morgan fingerprint density at radius 2 is 0.812 bits per heavy atom. The number of carboxylic acids is 3. The molecule has 2 rings (SSSR count). The minimum Gasteiger partial charge on any atom is -0.508 e. The molecule has 0 aliphatic heterocycles. The number of rotatable bonds is 5. The van der Waals surface area contributed by atoms with E-state index in [1.54, 1.807) is 24.3 Å². The maximum absolute atomic E-state index is 9.30. The lowest BCUT2D eigenvalue weighted by molar-refractivity contribution is -0.132. The van der Waals surface area contributed by atoms with Gasteiger partial charge in [0.05, 0.1) is 0 Å². The summed E-state index contributed by atoms with van der Waals surface area (Å²) in [6.07, 6.45) is 2.50. The molecule has 172 valence electrons. The average Bonchev–Trinajstić information content (AvgIpc) is 2.75. The molecular formula is C24H28O8. The van der Waals surface area contributed by atoms with Crippen LogP contribution in [-0.2, 0) is 19.8 Å². The molecule has 8 nitrogen and oxygen atoms in total. The van der Waals surface area contributed by atoms with Gasteiger partial charge in [0.2, 0.25) is 0 Å². The predicted molar refractivity (Wildman–Crippen MR) is 122 cm³/mol. The SMILES string of the molecule is C=CC(=O)O.C=CC(=O)O.C=CC(=O)O.CC(C)(c1ccc(O)cc1)c1ccc(O)cc1. The third-order valence-corrected chi connectivity index (χ3v) is 3.70. The molecule has 32 heavy (non-hydrogen) atoms. The second-order valence-corrected chi connectivity index (χ2v) is 6.35. The van der Waals surface area contributed by atoms with Crippen molar-refractivity contribution in [1.82, 2.24) is 0 Å². The van der Waals surface area contributed by atoms with E-state index in [-0.39, 0.29) is 16.9 Å². The van der Waals surface area contributed by atoms with Crippen molar-refractivity contribution in [2.24, 2.45) is 0 Å². The van der Waals surface area contributed by atoms with Gasteiger partial charge in [0.15, 0.2) is 0 Å². The Bertz CT molecular complexity index is 804. The fraction of sp³-hybridized carbons (Fsp3) is 0.125. The first-order valence-corrected chi connectivity index (χ1v) is 8.96. The van der Waals surface area contributed by atoms with Gasteiger partial charge in [-0.2, -0.15) is 0 Å². The smallest absolute Gasteiger partial charge is 0.327 e. The number of aliphatic carboxylic acids is 3. The highest BCUT2D eigenvalue weighted by Crippen LogP contribution is 2.32. The maximum atomic E-state index is 9.30. The molecular weight excluding hydrogens is 416 g/mol. The molecule has 0 heterocycles. The van der Waals surface area contributed by atoms with Gasteiger partial charge in [0.1, 0.15) is 11.5 Å². The van der Waals surface area contributed by atoms with Crippen LogP contribution in [0.25, 0.3) is 0 Å². The number of phenolic OH excluding ortho intramolecular Hbond substituents is 2. The van der Waals surface area contributed by atoms with E-state index in [9.17, 15) is 24.6 Å². The van der Waals surface area contributed by atoms with Crippen LogP contribution in [0.5, 0.6) is 11.5 Å². The molecule has 2 aromatic carbocycles. The monoisotopic (exact) mass is 444 g/mol. The summed E-state index contributed by atoms with van der Waals surface area (Å²) in [6, 6.07) is 14.4. The summed E-state index contributed by atoms with van der Waals surface area (Å²) in [5, 5.41) is 41.4. The van der Waals surface area contributed by atoms with Gasteiger partial charge in [-0.1, -0.05) is 57.8 Å². The summed E-state index contributed by atoms with van der Waals surface area (Å²) in [4.78, 5) is 27.8. The molecule has 0 unspecified atom stereocenters. The third-order valence-electron chi connectivity index (χ3n) is 3.70. The van der Waals surface area contributed by atoms with Gasteiger partial charge in [-0.05, 0) is 35.4 Å². The Balaban J connectivity index is 0. The van der Waals surface area contributed by atoms with Gasteiger partial charge in [-0.3, -0.25) is 0 Å². The van der Waals surface area contributed by atoms with Crippen LogP contribution in [0.2, 0.25) is 0 Å². The topological polar surface area (TPSA) is 152 Å². The van der Waals surface area contributed by atoms with Crippen LogP contribution in [-0.4, -0.2) is 43.4 Å². The lowest BCUT2D eigenvalue weighted by Gasteiger charge is -2.26. The lowest BCUT2D eigenvalue weighted by atomic mass is 9.78. The van der Waals surface area contributed by atoms with Gasteiger partial charge in [-0.25, -0.2) is 14.4 Å². The predicted octanol–water partition coefficient (Wildman–Crippen LogP) is 4.19. The Hall–Kier alpha value is -4.33. The van der Waals surface area contributed by atoms with E-state index >= 15 is 0 Å². The van der Waals surface area contributed by atoms with Crippen LogP contribution in [0.15, 0.2) is 86.5 Å². The molecule has 0 aliphatic carbocycles. The number of hydrogen-bond donors (Lipinski definition) is 5. The first kappa shape index (κ1) is 29.9. The minimum atomic E-state index is -0.981. The Morgan fingerprint density at radius 1 is 0.625 bits per heavy atom. The van der Waals surface area contributed by atoms with Crippen LogP contribution in [0, 0.1) is 0 Å². The zero-order valence-electron chi connectivity index (χ0n) is 17.9. The quantitative estimate of drug-likeness (QED) is 0.430. The number of phenols is 2. The zero-order chi connectivity index (χ0) is 25.3. The first-order chi connectivity index (χ1) is 14.8. The molecule has 0 fully saturated rings. The van der Waals surface area contributed by atoms with Crippen molar-refractivity contribution in [2.45, 2.75) is 19.3 Å². The molecule has 0 saturated heterocycles. The van der Waals surface area contributed by atoms with Crippen LogP contribution >= 0.6 is 0 Å². The molecule has 0 aromatic heterocycles. The van der Waals surface area contributed by atoms with Crippen molar-refractivity contribution in [2.75, 3.05) is 0 Å². The van der Waals surface area contributed by atoms with Crippen LogP contribution in [0.4, 0.5) is 0 Å². The molecule has 0 bridgehead atoms. The summed E-state index contributed by atoms with van der Waals surface area (Å²) >= 11 is 0. The molecule has 0 amide bonds. The van der Waals surface area contributed by atoms with E-state index in [0.29, 0.717) is 0 Å². The number of benzene rings is 2. The van der Waals surface area contributed by atoms with Crippen molar-refractivity contribution >= 4 is 17.9 Å². The number of carbonyl (C=O) groups is 3. The number of hydrogen-bond acceptors (Lipinski definition) is 5.